The summed E-state index contributed by atoms with van der Waals surface area (Å²) >= 11 is 0. The Kier molecular flexibility index (Phi) is 6070. The third kappa shape index (κ3) is 2040. The SMILES string of the molecule is O.O.O.O.O.O.O.O.O.O.O.O.O.O.O.O.O.O.O.O=P(O)(O)O.[Hf].[Hf].[Hf].[Hf].[Hf]. The molecule has 0 aliphatic rings. The number of phosphoric acid groups is 1. The van der Waals surface area contributed by atoms with Crippen LogP contribution in [0.5, 0.6) is 0 Å². The van der Waals surface area contributed by atoms with Crippen LogP contribution in [0, 0.1) is 0 Å². The van der Waals surface area contributed by atoms with Crippen LogP contribution < -0.4 is 0 Å². The molecular weight excluding hydrogens is 1290 g/mol. The molecule has 41 N–H and O–H groups in total. The molecule has 0 atom stereocenters. The summed E-state index contributed by atoms with van der Waals surface area (Å²) in [7, 11) is -4.64. The molecule has 0 rings (SSSR count). The minimum atomic E-state index is -4.64. The van der Waals surface area contributed by atoms with Gasteiger partial charge in [-0.2, -0.15) is 0 Å². The van der Waals surface area contributed by atoms with Gasteiger partial charge in [-0.25, -0.2) is 4.57 Å². The Balaban J connectivity index is -0.000000000290. The normalized spacial score (nSPS) is 2.03. The molecule has 204 valence electrons. The van der Waals surface area contributed by atoms with Gasteiger partial charge in [0.05, 0.1) is 0 Å². The predicted octanol–water partition coefficient (Wildman–Crippen LogP) is -16.6. The zero-order valence-electron chi connectivity index (χ0n) is 14.2. The van der Waals surface area contributed by atoms with Gasteiger partial charge in [0, 0.05) is 129 Å². The van der Waals surface area contributed by atoms with E-state index < -0.39 is 7.82 Å². The topological polar surface area (TPSA) is 676 Å². The van der Waals surface area contributed by atoms with Crippen molar-refractivity contribution in [1.82, 2.24) is 0 Å². The van der Waals surface area contributed by atoms with E-state index >= 15 is 0 Å². The van der Waals surface area contributed by atoms with Gasteiger partial charge in [0.1, 0.15) is 0 Å². The van der Waals surface area contributed by atoms with Crippen LogP contribution in [0.1, 0.15) is 0 Å². The monoisotopic (exact) mass is 1340 g/mol. The summed E-state index contributed by atoms with van der Waals surface area (Å²) in [6, 6.07) is 0. The van der Waals surface area contributed by atoms with E-state index in [0.717, 1.165) is 0 Å². The van der Waals surface area contributed by atoms with E-state index in [9.17, 15) is 0 Å². The third-order valence-corrected chi connectivity index (χ3v) is 0. The smallest absolute Gasteiger partial charge is 0.412 e. The fraction of sp³-hybridized carbons (Fsp3) is 0. The summed E-state index contributed by atoms with van der Waals surface area (Å²) in [6.07, 6.45) is 0. The Morgan fingerprint density at radius 3 is 0.276 bits per heavy atom. The average molecular weight is 1330 g/mol. The number of hydrogen-bond acceptors (Lipinski definition) is 1. The van der Waals surface area contributed by atoms with Gasteiger partial charge in [0.15, 0.2) is 0 Å². The molecule has 0 aliphatic carbocycles. The van der Waals surface area contributed by atoms with E-state index in [0.29, 0.717) is 0 Å². The quantitative estimate of drug-likeness (QED) is 0.157. The standard InChI is InChI=1S/5Hf.H3O4P.19H2O/c;;;;;1-5(2,3)4;;;;;;;;;;;;;;;;;;;/h;;;;;(H3,1,2,3,4);19*1H2. The van der Waals surface area contributed by atoms with E-state index in [2.05, 4.69) is 0 Å². The summed E-state index contributed by atoms with van der Waals surface area (Å²) in [5.74, 6) is 0. The van der Waals surface area contributed by atoms with Crippen LogP contribution in [-0.4, -0.2) is 119 Å². The van der Waals surface area contributed by atoms with Crippen molar-refractivity contribution in [2.45, 2.75) is 0 Å². The summed E-state index contributed by atoms with van der Waals surface area (Å²) in [5, 5.41) is 0. The summed E-state index contributed by atoms with van der Waals surface area (Å²) < 4.78 is 8.88. The van der Waals surface area contributed by atoms with Crippen molar-refractivity contribution in [1.29, 1.82) is 0 Å². The number of hydrogen-bond donors (Lipinski definition) is 3. The summed E-state index contributed by atoms with van der Waals surface area (Å²) in [4.78, 5) is 21.6. The van der Waals surface area contributed by atoms with Crippen LogP contribution >= 0.6 is 7.82 Å². The first-order valence-corrected chi connectivity index (χ1v) is 2.35. The molecule has 0 radical (unpaired) electrons. The molecule has 0 fully saturated rings. The van der Waals surface area contributed by atoms with E-state index in [1.54, 1.807) is 0 Å². The van der Waals surface area contributed by atoms with E-state index in [4.69, 9.17) is 19.2 Å². The molecular formula is H41Hf5O23P. The Labute approximate surface area is 257 Å². The maximum absolute atomic E-state index is 8.88. The largest absolute Gasteiger partial charge is 0.466 e. The summed E-state index contributed by atoms with van der Waals surface area (Å²) in [5.41, 5.74) is 0. The molecule has 0 saturated carbocycles. The maximum Gasteiger partial charge on any atom is 0.466 e. The van der Waals surface area contributed by atoms with Crippen molar-refractivity contribution in [3.8, 4) is 0 Å². The molecule has 0 aromatic carbocycles. The van der Waals surface area contributed by atoms with Crippen molar-refractivity contribution >= 4 is 7.82 Å². The van der Waals surface area contributed by atoms with Gasteiger partial charge in [0.25, 0.3) is 0 Å². The van der Waals surface area contributed by atoms with Crippen LogP contribution in [0.4, 0.5) is 0 Å². The van der Waals surface area contributed by atoms with Crippen LogP contribution in [0.3, 0.4) is 0 Å². The number of rotatable bonds is 0. The Hall–Kier alpha value is 3.70. The molecule has 29 heavy (non-hydrogen) atoms. The Bertz CT molecular complexity index is 71.4. The van der Waals surface area contributed by atoms with Gasteiger partial charge in [-0.05, 0) is 0 Å². The molecule has 0 spiro atoms. The molecule has 0 unspecified atom stereocenters. The minimum absolute atomic E-state index is 0. The van der Waals surface area contributed by atoms with Gasteiger partial charge in [-0.15, -0.1) is 0 Å². The van der Waals surface area contributed by atoms with E-state index in [1.165, 1.54) is 0 Å². The van der Waals surface area contributed by atoms with Crippen molar-refractivity contribution in [2.75, 3.05) is 0 Å². The second-order valence-corrected chi connectivity index (χ2v) is 1.54. The first kappa shape index (κ1) is 554. The Morgan fingerprint density at radius 2 is 0.276 bits per heavy atom. The Morgan fingerprint density at radius 1 is 0.276 bits per heavy atom. The molecule has 23 nitrogen and oxygen atoms in total. The molecule has 29 heteroatoms. The first-order valence-electron chi connectivity index (χ1n) is 0.783. The van der Waals surface area contributed by atoms with Crippen molar-refractivity contribution in [3.63, 3.8) is 0 Å². The van der Waals surface area contributed by atoms with Crippen LogP contribution in [0.2, 0.25) is 0 Å². The van der Waals surface area contributed by atoms with Gasteiger partial charge < -0.3 is 119 Å². The maximum atomic E-state index is 8.88. The van der Waals surface area contributed by atoms with Gasteiger partial charge in [-0.1, -0.05) is 0 Å². The van der Waals surface area contributed by atoms with Crippen molar-refractivity contribution in [2.24, 2.45) is 0 Å². The minimum Gasteiger partial charge on any atom is -0.412 e. The third-order valence-electron chi connectivity index (χ3n) is 0. The summed E-state index contributed by atoms with van der Waals surface area (Å²) in [6.45, 7) is 0. The van der Waals surface area contributed by atoms with Crippen molar-refractivity contribution in [3.05, 3.63) is 0 Å². The average Bonchev–Trinajstić information content (AvgIpc) is 0.722. The van der Waals surface area contributed by atoms with Gasteiger partial charge in [-0.3, -0.25) is 0 Å². The zero-order chi connectivity index (χ0) is 4.50. The molecule has 0 heterocycles. The fourth-order valence-corrected chi connectivity index (χ4v) is 0. The molecule has 0 bridgehead atoms. The van der Waals surface area contributed by atoms with Gasteiger partial charge >= 0.3 is 7.82 Å². The first-order chi connectivity index (χ1) is 2.00. The van der Waals surface area contributed by atoms with E-state index in [-0.39, 0.29) is 233 Å². The molecule has 0 aromatic rings. The second-order valence-electron chi connectivity index (χ2n) is 0.513. The zero-order valence-corrected chi connectivity index (χ0v) is 33.1. The van der Waals surface area contributed by atoms with Crippen LogP contribution in [0.25, 0.3) is 0 Å². The fourth-order valence-electron chi connectivity index (χ4n) is 0. The molecule has 0 amide bonds. The molecule has 0 aromatic heterocycles. The molecule has 0 aliphatic heterocycles. The van der Waals surface area contributed by atoms with Gasteiger partial charge in [0.2, 0.25) is 0 Å². The van der Waals surface area contributed by atoms with Crippen LogP contribution in [-0.2, 0) is 134 Å². The predicted molar refractivity (Wildman–Crippen MR) is 82.9 cm³/mol. The van der Waals surface area contributed by atoms with Crippen LogP contribution in [0.15, 0.2) is 0 Å². The van der Waals surface area contributed by atoms with Crippen molar-refractivity contribution < 1.29 is 253 Å². The van der Waals surface area contributed by atoms with E-state index in [1.807, 2.05) is 0 Å². The second kappa shape index (κ2) is 318. The molecule has 0 saturated heterocycles.